The van der Waals surface area contributed by atoms with Crippen molar-refractivity contribution in [2.75, 3.05) is 6.61 Å². The van der Waals surface area contributed by atoms with E-state index in [4.69, 9.17) is 4.74 Å². The Labute approximate surface area is 201 Å². The van der Waals surface area contributed by atoms with Crippen LogP contribution in [0.2, 0.25) is 0 Å². The van der Waals surface area contributed by atoms with Gasteiger partial charge in [-0.25, -0.2) is 9.97 Å². The molecule has 0 spiro atoms. The molecular formula is C30H44N2O. The van der Waals surface area contributed by atoms with E-state index in [1.54, 1.807) is 12.4 Å². The molecule has 2 fully saturated rings. The van der Waals surface area contributed by atoms with Crippen molar-refractivity contribution in [2.45, 2.75) is 103 Å². The van der Waals surface area contributed by atoms with Crippen molar-refractivity contribution in [3.05, 3.63) is 42.2 Å². The van der Waals surface area contributed by atoms with Crippen LogP contribution in [0.4, 0.5) is 0 Å². The molecule has 2 saturated carbocycles. The highest BCUT2D eigenvalue weighted by Gasteiger charge is 2.31. The molecule has 2 aromatic rings. The minimum atomic E-state index is 0.708. The van der Waals surface area contributed by atoms with E-state index in [9.17, 15) is 0 Å². The van der Waals surface area contributed by atoms with Crippen LogP contribution in [0.5, 0.6) is 5.75 Å². The lowest BCUT2D eigenvalue weighted by Crippen LogP contribution is -2.25. The van der Waals surface area contributed by atoms with Gasteiger partial charge in [0.1, 0.15) is 0 Å². The van der Waals surface area contributed by atoms with E-state index in [1.807, 2.05) is 0 Å². The standard InChI is InChI=1S/C30H44N2O/c1-3-5-6-7-23-8-10-24(11-9-23)25-12-14-26(15-13-25)27-16-18-28(19-17-27)30-31-21-29(22-32-30)33-20-4-2/h16-19,21-26H,3-15,20H2,1-2H3/t23-,24-,25-,26-. The molecule has 0 radical (unpaired) electrons. The van der Waals surface area contributed by atoms with Crippen LogP contribution in [-0.2, 0) is 0 Å². The first-order valence-corrected chi connectivity index (χ1v) is 13.8. The highest BCUT2D eigenvalue weighted by atomic mass is 16.5. The summed E-state index contributed by atoms with van der Waals surface area (Å²) >= 11 is 0. The van der Waals surface area contributed by atoms with Gasteiger partial charge in [0.2, 0.25) is 0 Å². The SMILES string of the molecule is CCCCC[C@H]1CC[C@H]([C@H]2CC[C@H](c3ccc(-c4ncc(OCCC)cn4)cc3)CC2)CC1. The molecule has 0 amide bonds. The predicted molar refractivity (Wildman–Crippen MR) is 138 cm³/mol. The highest BCUT2D eigenvalue weighted by molar-refractivity contribution is 5.55. The lowest BCUT2D eigenvalue weighted by Gasteiger charge is -2.38. The normalized spacial score (nSPS) is 25.6. The van der Waals surface area contributed by atoms with E-state index >= 15 is 0 Å². The number of hydrogen-bond acceptors (Lipinski definition) is 3. The zero-order valence-corrected chi connectivity index (χ0v) is 21.0. The van der Waals surface area contributed by atoms with Gasteiger partial charge < -0.3 is 4.74 Å². The molecule has 3 heteroatoms. The largest absolute Gasteiger partial charge is 0.490 e. The van der Waals surface area contributed by atoms with Gasteiger partial charge in [-0.1, -0.05) is 76.6 Å². The van der Waals surface area contributed by atoms with Gasteiger partial charge in [0.05, 0.1) is 19.0 Å². The van der Waals surface area contributed by atoms with Crippen LogP contribution in [0.3, 0.4) is 0 Å². The van der Waals surface area contributed by atoms with Crippen molar-refractivity contribution in [1.82, 2.24) is 9.97 Å². The monoisotopic (exact) mass is 448 g/mol. The van der Waals surface area contributed by atoms with Gasteiger partial charge in [-0.05, 0) is 74.2 Å². The number of aromatic nitrogens is 2. The van der Waals surface area contributed by atoms with Gasteiger partial charge in [-0.15, -0.1) is 0 Å². The molecule has 3 nitrogen and oxygen atoms in total. The second-order valence-electron chi connectivity index (χ2n) is 10.6. The third-order valence-electron chi connectivity index (χ3n) is 8.29. The first-order chi connectivity index (χ1) is 16.3. The summed E-state index contributed by atoms with van der Waals surface area (Å²) in [6, 6.07) is 9.02. The molecule has 2 aliphatic carbocycles. The van der Waals surface area contributed by atoms with Crippen LogP contribution >= 0.6 is 0 Å². The van der Waals surface area contributed by atoms with Gasteiger partial charge in [0.15, 0.2) is 11.6 Å². The number of nitrogens with zero attached hydrogens (tertiary/aromatic N) is 2. The summed E-state index contributed by atoms with van der Waals surface area (Å²) in [5.41, 5.74) is 2.59. The first-order valence-electron chi connectivity index (χ1n) is 13.8. The Balaban J connectivity index is 1.23. The van der Waals surface area contributed by atoms with Crippen LogP contribution in [0.1, 0.15) is 109 Å². The quantitative estimate of drug-likeness (QED) is 0.341. The summed E-state index contributed by atoms with van der Waals surface area (Å²) in [6.07, 6.45) is 21.9. The summed E-state index contributed by atoms with van der Waals surface area (Å²) < 4.78 is 5.60. The number of unbranched alkanes of at least 4 members (excludes halogenated alkanes) is 2. The maximum atomic E-state index is 5.60. The number of rotatable bonds is 10. The topological polar surface area (TPSA) is 35.0 Å². The van der Waals surface area contributed by atoms with Crippen LogP contribution in [0.25, 0.3) is 11.4 Å². The predicted octanol–water partition coefficient (Wildman–Crippen LogP) is 8.59. The fourth-order valence-electron chi connectivity index (χ4n) is 6.22. The van der Waals surface area contributed by atoms with Gasteiger partial charge in [0.25, 0.3) is 0 Å². The van der Waals surface area contributed by atoms with Crippen molar-refractivity contribution in [3.8, 4) is 17.1 Å². The lowest BCUT2D eigenvalue weighted by atomic mass is 9.68. The molecule has 2 aliphatic rings. The summed E-state index contributed by atoms with van der Waals surface area (Å²) in [6.45, 7) is 5.13. The van der Waals surface area contributed by atoms with Gasteiger partial charge in [-0.2, -0.15) is 0 Å². The molecule has 180 valence electrons. The second-order valence-corrected chi connectivity index (χ2v) is 10.6. The molecule has 0 aliphatic heterocycles. The summed E-state index contributed by atoms with van der Waals surface area (Å²) in [5, 5.41) is 0. The maximum absolute atomic E-state index is 5.60. The fraction of sp³-hybridized carbons (Fsp3) is 0.667. The average Bonchev–Trinajstić information content (AvgIpc) is 2.89. The Hall–Kier alpha value is -1.90. The minimum Gasteiger partial charge on any atom is -0.490 e. The van der Waals surface area contributed by atoms with Crippen LogP contribution in [0.15, 0.2) is 36.7 Å². The van der Waals surface area contributed by atoms with Crippen molar-refractivity contribution in [1.29, 1.82) is 0 Å². The van der Waals surface area contributed by atoms with E-state index in [2.05, 4.69) is 48.1 Å². The first kappa shape index (κ1) is 24.2. The third-order valence-corrected chi connectivity index (χ3v) is 8.29. The van der Waals surface area contributed by atoms with Gasteiger partial charge >= 0.3 is 0 Å². The van der Waals surface area contributed by atoms with Crippen LogP contribution in [0, 0.1) is 17.8 Å². The summed E-state index contributed by atoms with van der Waals surface area (Å²) in [7, 11) is 0. The van der Waals surface area contributed by atoms with E-state index in [-0.39, 0.29) is 0 Å². The maximum Gasteiger partial charge on any atom is 0.159 e. The fourth-order valence-corrected chi connectivity index (χ4v) is 6.22. The number of ether oxygens (including phenoxy) is 1. The van der Waals surface area contributed by atoms with Crippen molar-refractivity contribution in [3.63, 3.8) is 0 Å². The molecule has 0 N–H and O–H groups in total. The van der Waals surface area contributed by atoms with Crippen molar-refractivity contribution in [2.24, 2.45) is 17.8 Å². The zero-order chi connectivity index (χ0) is 22.9. The average molecular weight is 449 g/mol. The van der Waals surface area contributed by atoms with Crippen LogP contribution < -0.4 is 4.74 Å². The Morgan fingerprint density at radius 3 is 2.00 bits per heavy atom. The Kier molecular flexibility index (Phi) is 9.20. The minimum absolute atomic E-state index is 0.708. The molecule has 0 unspecified atom stereocenters. The molecule has 0 saturated heterocycles. The summed E-state index contributed by atoms with van der Waals surface area (Å²) in [4.78, 5) is 8.99. The molecule has 1 aromatic heterocycles. The highest BCUT2D eigenvalue weighted by Crippen LogP contribution is 2.44. The lowest BCUT2D eigenvalue weighted by molar-refractivity contribution is 0.155. The molecule has 1 aromatic carbocycles. The van der Waals surface area contributed by atoms with E-state index < -0.39 is 0 Å². The van der Waals surface area contributed by atoms with Crippen LogP contribution in [-0.4, -0.2) is 16.6 Å². The zero-order valence-electron chi connectivity index (χ0n) is 21.0. The molecule has 0 bridgehead atoms. The Bertz CT molecular complexity index is 800. The van der Waals surface area contributed by atoms with E-state index in [1.165, 1.54) is 82.6 Å². The second kappa shape index (κ2) is 12.5. The Morgan fingerprint density at radius 1 is 0.758 bits per heavy atom. The Morgan fingerprint density at radius 2 is 1.39 bits per heavy atom. The van der Waals surface area contributed by atoms with E-state index in [0.717, 1.165) is 47.2 Å². The molecule has 1 heterocycles. The smallest absolute Gasteiger partial charge is 0.159 e. The van der Waals surface area contributed by atoms with Gasteiger partial charge in [-0.3, -0.25) is 0 Å². The number of hydrogen-bond donors (Lipinski definition) is 0. The third kappa shape index (κ3) is 6.80. The van der Waals surface area contributed by atoms with Crippen molar-refractivity contribution >= 4 is 0 Å². The molecule has 0 atom stereocenters. The van der Waals surface area contributed by atoms with E-state index in [0.29, 0.717) is 6.61 Å². The summed E-state index contributed by atoms with van der Waals surface area (Å²) in [5.74, 6) is 5.28. The van der Waals surface area contributed by atoms with Crippen molar-refractivity contribution < 1.29 is 4.74 Å². The number of benzene rings is 1. The molecule has 4 rings (SSSR count). The molecular weight excluding hydrogens is 404 g/mol. The van der Waals surface area contributed by atoms with Gasteiger partial charge in [0, 0.05) is 5.56 Å². The molecule has 33 heavy (non-hydrogen) atoms.